The molecule has 1 saturated heterocycles. The van der Waals surface area contributed by atoms with E-state index in [0.29, 0.717) is 19.3 Å². The lowest BCUT2D eigenvalue weighted by atomic mass is 10.1. The molecular formula is C13H29N3O2. The maximum atomic E-state index is 5.85. The van der Waals surface area contributed by atoms with Crippen LogP contribution in [0.1, 0.15) is 20.3 Å². The Hall–Kier alpha value is -0.200. The van der Waals surface area contributed by atoms with Gasteiger partial charge in [-0.15, -0.1) is 0 Å². The molecule has 18 heavy (non-hydrogen) atoms. The number of hydrogen-bond donors (Lipinski definition) is 1. The maximum absolute atomic E-state index is 5.85. The van der Waals surface area contributed by atoms with E-state index in [9.17, 15) is 0 Å². The van der Waals surface area contributed by atoms with Gasteiger partial charge in [0.15, 0.2) is 6.29 Å². The van der Waals surface area contributed by atoms with Crippen molar-refractivity contribution in [3.05, 3.63) is 0 Å². The zero-order chi connectivity index (χ0) is 13.4. The molecule has 0 radical (unpaired) electrons. The molecule has 1 heterocycles. The molecule has 0 aliphatic carbocycles. The fourth-order valence-corrected chi connectivity index (χ4v) is 2.42. The summed E-state index contributed by atoms with van der Waals surface area (Å²) in [5.41, 5.74) is 5.85. The molecule has 0 saturated carbocycles. The monoisotopic (exact) mass is 259 g/mol. The number of ether oxygens (including phenoxy) is 2. The van der Waals surface area contributed by atoms with E-state index in [0.717, 1.165) is 39.1 Å². The lowest BCUT2D eigenvalue weighted by molar-refractivity contribution is -0.143. The van der Waals surface area contributed by atoms with Gasteiger partial charge in [-0.2, -0.15) is 0 Å². The van der Waals surface area contributed by atoms with Crippen molar-refractivity contribution in [2.24, 2.45) is 5.73 Å². The molecule has 0 spiro atoms. The summed E-state index contributed by atoms with van der Waals surface area (Å²) >= 11 is 0. The van der Waals surface area contributed by atoms with Gasteiger partial charge in [0.2, 0.25) is 0 Å². The zero-order valence-corrected chi connectivity index (χ0v) is 12.1. The fourth-order valence-electron chi connectivity index (χ4n) is 2.42. The Morgan fingerprint density at radius 1 is 1.22 bits per heavy atom. The summed E-state index contributed by atoms with van der Waals surface area (Å²) in [5.74, 6) is 0. The highest BCUT2D eigenvalue weighted by Gasteiger charge is 2.24. The van der Waals surface area contributed by atoms with Gasteiger partial charge in [0, 0.05) is 58.4 Å². The average Bonchev–Trinajstić information content (AvgIpc) is 2.37. The second kappa shape index (κ2) is 8.82. The first-order chi connectivity index (χ1) is 8.71. The molecule has 1 aliphatic rings. The van der Waals surface area contributed by atoms with E-state index in [1.807, 2.05) is 13.8 Å². The summed E-state index contributed by atoms with van der Waals surface area (Å²) in [4.78, 5) is 4.81. The second-order valence-corrected chi connectivity index (χ2v) is 4.82. The molecule has 108 valence electrons. The van der Waals surface area contributed by atoms with Gasteiger partial charge in [-0.25, -0.2) is 0 Å². The third-order valence-corrected chi connectivity index (χ3v) is 3.44. The summed E-state index contributed by atoms with van der Waals surface area (Å²) in [6.07, 6.45) is 0.847. The predicted molar refractivity (Wildman–Crippen MR) is 73.6 cm³/mol. The summed E-state index contributed by atoms with van der Waals surface area (Å²) in [6.45, 7) is 10.4. The second-order valence-electron chi connectivity index (χ2n) is 4.82. The first kappa shape index (κ1) is 15.9. The van der Waals surface area contributed by atoms with Crippen LogP contribution in [0.3, 0.4) is 0 Å². The van der Waals surface area contributed by atoms with Crippen LogP contribution in [-0.4, -0.2) is 75.1 Å². The summed E-state index contributed by atoms with van der Waals surface area (Å²) in [6, 6.07) is 0.465. The SMILES string of the molecule is CCOC(CCN1CCN(C)CC1CN)OCC. The van der Waals surface area contributed by atoms with Gasteiger partial charge in [0.25, 0.3) is 0 Å². The van der Waals surface area contributed by atoms with Crippen molar-refractivity contribution in [1.29, 1.82) is 0 Å². The van der Waals surface area contributed by atoms with Crippen LogP contribution in [0, 0.1) is 0 Å². The van der Waals surface area contributed by atoms with Crippen molar-refractivity contribution in [2.45, 2.75) is 32.6 Å². The highest BCUT2D eigenvalue weighted by Crippen LogP contribution is 2.10. The number of piperazine rings is 1. The summed E-state index contributed by atoms with van der Waals surface area (Å²) in [7, 11) is 2.16. The van der Waals surface area contributed by atoms with Crippen LogP contribution >= 0.6 is 0 Å². The Bertz CT molecular complexity index is 210. The summed E-state index contributed by atoms with van der Waals surface area (Å²) in [5, 5.41) is 0. The molecule has 0 aromatic carbocycles. The van der Waals surface area contributed by atoms with E-state index < -0.39 is 0 Å². The minimum atomic E-state index is -0.0712. The topological polar surface area (TPSA) is 51.0 Å². The van der Waals surface area contributed by atoms with Crippen LogP contribution in [0.25, 0.3) is 0 Å². The van der Waals surface area contributed by atoms with Crippen LogP contribution in [0.4, 0.5) is 0 Å². The smallest absolute Gasteiger partial charge is 0.158 e. The van der Waals surface area contributed by atoms with Gasteiger partial charge in [0.1, 0.15) is 0 Å². The zero-order valence-electron chi connectivity index (χ0n) is 12.1. The molecule has 0 amide bonds. The number of likely N-dealkylation sites (N-methyl/N-ethyl adjacent to an activating group) is 1. The molecule has 1 rings (SSSR count). The Balaban J connectivity index is 2.35. The van der Waals surface area contributed by atoms with Gasteiger partial charge >= 0.3 is 0 Å². The molecule has 0 bridgehead atoms. The molecule has 5 nitrogen and oxygen atoms in total. The molecule has 1 unspecified atom stereocenters. The predicted octanol–water partition coefficient (Wildman–Crippen LogP) is 0.350. The Morgan fingerprint density at radius 2 is 1.89 bits per heavy atom. The van der Waals surface area contributed by atoms with Gasteiger partial charge in [-0.05, 0) is 20.9 Å². The minimum Gasteiger partial charge on any atom is -0.353 e. The highest BCUT2D eigenvalue weighted by atomic mass is 16.7. The molecule has 1 aliphatic heterocycles. The molecule has 1 fully saturated rings. The van der Waals surface area contributed by atoms with E-state index >= 15 is 0 Å². The summed E-state index contributed by atoms with van der Waals surface area (Å²) < 4.78 is 11.1. The number of rotatable bonds is 8. The van der Waals surface area contributed by atoms with Gasteiger partial charge in [0.05, 0.1) is 0 Å². The van der Waals surface area contributed by atoms with Gasteiger partial charge in [-0.3, -0.25) is 4.90 Å². The lowest BCUT2D eigenvalue weighted by Crippen LogP contribution is -2.55. The van der Waals surface area contributed by atoms with Crippen molar-refractivity contribution in [1.82, 2.24) is 9.80 Å². The number of nitrogens with zero attached hydrogens (tertiary/aromatic N) is 2. The van der Waals surface area contributed by atoms with E-state index in [4.69, 9.17) is 15.2 Å². The highest BCUT2D eigenvalue weighted by molar-refractivity contribution is 4.81. The molecule has 0 aromatic heterocycles. The minimum absolute atomic E-state index is 0.0712. The van der Waals surface area contributed by atoms with Crippen molar-refractivity contribution in [3.63, 3.8) is 0 Å². The van der Waals surface area contributed by atoms with Crippen molar-refractivity contribution < 1.29 is 9.47 Å². The van der Waals surface area contributed by atoms with Crippen LogP contribution in [0.2, 0.25) is 0 Å². The van der Waals surface area contributed by atoms with E-state index in [2.05, 4.69) is 16.8 Å². The third-order valence-electron chi connectivity index (χ3n) is 3.44. The number of hydrogen-bond acceptors (Lipinski definition) is 5. The number of nitrogens with two attached hydrogens (primary N) is 1. The van der Waals surface area contributed by atoms with Crippen molar-refractivity contribution >= 4 is 0 Å². The fraction of sp³-hybridized carbons (Fsp3) is 1.00. The Morgan fingerprint density at radius 3 is 2.44 bits per heavy atom. The largest absolute Gasteiger partial charge is 0.353 e. The van der Waals surface area contributed by atoms with Crippen LogP contribution in [0.15, 0.2) is 0 Å². The third kappa shape index (κ3) is 5.20. The quantitative estimate of drug-likeness (QED) is 0.638. The average molecular weight is 259 g/mol. The van der Waals surface area contributed by atoms with Crippen LogP contribution in [-0.2, 0) is 9.47 Å². The molecule has 2 N–H and O–H groups in total. The van der Waals surface area contributed by atoms with Gasteiger partial charge in [-0.1, -0.05) is 0 Å². The first-order valence-corrected chi connectivity index (χ1v) is 7.07. The van der Waals surface area contributed by atoms with Crippen LogP contribution < -0.4 is 5.73 Å². The standard InChI is InChI=1S/C13H29N3O2/c1-4-17-13(18-5-2)6-7-16-9-8-15(3)11-12(16)10-14/h12-13H,4-11,14H2,1-3H3. The lowest BCUT2D eigenvalue weighted by Gasteiger charge is -2.40. The van der Waals surface area contributed by atoms with Gasteiger partial charge < -0.3 is 20.1 Å². The normalized spacial score (nSPS) is 22.8. The molecular weight excluding hydrogens is 230 g/mol. The van der Waals surface area contributed by atoms with Crippen LogP contribution in [0.5, 0.6) is 0 Å². The van der Waals surface area contributed by atoms with E-state index in [1.54, 1.807) is 0 Å². The van der Waals surface area contributed by atoms with Crippen molar-refractivity contribution in [3.8, 4) is 0 Å². The Kier molecular flexibility index (Phi) is 7.77. The Labute approximate surface area is 111 Å². The first-order valence-electron chi connectivity index (χ1n) is 7.07. The van der Waals surface area contributed by atoms with E-state index in [-0.39, 0.29) is 6.29 Å². The maximum Gasteiger partial charge on any atom is 0.158 e. The van der Waals surface area contributed by atoms with E-state index in [1.165, 1.54) is 0 Å². The van der Waals surface area contributed by atoms with Crippen molar-refractivity contribution in [2.75, 3.05) is 53.0 Å². The molecule has 1 atom stereocenters. The molecule has 5 heteroatoms. The molecule has 0 aromatic rings.